The molecule has 166 valence electrons. The molecule has 3 heterocycles. The van der Waals surface area contributed by atoms with Gasteiger partial charge in [0.1, 0.15) is 5.82 Å². The summed E-state index contributed by atoms with van der Waals surface area (Å²) in [4.78, 5) is 43.1. The van der Waals surface area contributed by atoms with Crippen molar-refractivity contribution < 1.29 is 18.8 Å². The zero-order valence-corrected chi connectivity index (χ0v) is 19.2. The Kier molecular flexibility index (Phi) is 4.29. The highest BCUT2D eigenvalue weighted by molar-refractivity contribution is 8.18. The highest BCUT2D eigenvalue weighted by atomic mass is 32.2. The van der Waals surface area contributed by atoms with Crippen LogP contribution >= 0.6 is 23.5 Å². The van der Waals surface area contributed by atoms with Crippen LogP contribution in [0.15, 0.2) is 64.4 Å². The van der Waals surface area contributed by atoms with Gasteiger partial charge in [0.05, 0.1) is 17.5 Å². The minimum absolute atomic E-state index is 0.0204. The maximum atomic E-state index is 13.7. The Hall–Kier alpha value is -2.38. The summed E-state index contributed by atoms with van der Waals surface area (Å²) in [6, 6.07) is 15.8. The molecule has 33 heavy (non-hydrogen) atoms. The third kappa shape index (κ3) is 2.69. The number of para-hydroxylation sites is 1. The fraction of sp³-hybridized carbons (Fsp3) is 0.346. The summed E-state index contributed by atoms with van der Waals surface area (Å²) < 4.78 is 13.7. The van der Waals surface area contributed by atoms with Crippen molar-refractivity contribution in [1.82, 2.24) is 0 Å². The number of allylic oxidation sites excluding steroid dienone is 2. The first-order valence-electron chi connectivity index (χ1n) is 11.3. The lowest BCUT2D eigenvalue weighted by atomic mass is 9.68. The van der Waals surface area contributed by atoms with Crippen molar-refractivity contribution in [2.45, 2.75) is 24.0 Å². The predicted molar refractivity (Wildman–Crippen MR) is 126 cm³/mol. The van der Waals surface area contributed by atoms with E-state index in [2.05, 4.69) is 0 Å². The van der Waals surface area contributed by atoms with Crippen LogP contribution in [0, 0.1) is 35.4 Å². The average Bonchev–Trinajstić information content (AvgIpc) is 3.54. The zero-order valence-electron chi connectivity index (χ0n) is 17.5. The van der Waals surface area contributed by atoms with Gasteiger partial charge in [0.25, 0.3) is 0 Å². The first-order valence-corrected chi connectivity index (χ1v) is 13.0. The first kappa shape index (κ1) is 20.0. The van der Waals surface area contributed by atoms with E-state index in [1.165, 1.54) is 28.8 Å². The molecule has 0 aromatic heterocycles. The lowest BCUT2D eigenvalue weighted by Gasteiger charge is -2.44. The minimum atomic E-state index is -0.309. The van der Waals surface area contributed by atoms with Crippen LogP contribution < -0.4 is 4.90 Å². The van der Waals surface area contributed by atoms with E-state index >= 15 is 0 Å². The van der Waals surface area contributed by atoms with Crippen LogP contribution in [0.1, 0.15) is 24.3 Å². The van der Waals surface area contributed by atoms with Crippen LogP contribution in [-0.4, -0.2) is 22.2 Å². The number of carbonyl (C=O) groups excluding carboxylic acids is 3. The Morgan fingerprint density at radius 1 is 0.879 bits per heavy atom. The normalized spacial score (nSPS) is 36.5. The van der Waals surface area contributed by atoms with Crippen molar-refractivity contribution >= 4 is 46.1 Å². The molecule has 7 rings (SSSR count). The van der Waals surface area contributed by atoms with Gasteiger partial charge in [0.15, 0.2) is 5.12 Å². The number of fused-ring (bicyclic) bond motifs is 8. The van der Waals surface area contributed by atoms with Crippen LogP contribution in [0.4, 0.5) is 10.1 Å². The van der Waals surface area contributed by atoms with E-state index in [0.29, 0.717) is 12.1 Å². The van der Waals surface area contributed by atoms with Crippen molar-refractivity contribution in [3.63, 3.8) is 0 Å². The Balaban J connectivity index is 1.31. The van der Waals surface area contributed by atoms with E-state index in [1.54, 1.807) is 11.8 Å². The van der Waals surface area contributed by atoms with E-state index in [1.807, 2.05) is 42.5 Å². The number of carbonyl (C=O) groups is 3. The van der Waals surface area contributed by atoms with E-state index in [-0.39, 0.29) is 63.5 Å². The third-order valence-electron chi connectivity index (χ3n) is 8.15. The third-order valence-corrected chi connectivity index (χ3v) is 11.0. The summed E-state index contributed by atoms with van der Waals surface area (Å²) in [6.45, 7) is 0. The molecule has 0 spiro atoms. The molecular formula is C26H20FNO3S2. The van der Waals surface area contributed by atoms with Crippen LogP contribution in [0.25, 0.3) is 0 Å². The SMILES string of the molecule is O=C1CC2=C(S1)[C@H](c1ccc(F)cc1)[C@H]1[C@H]3C[C@@H]([C@H]1S2)[C@H]1C(=O)N(c2ccccc2)C(=O)[C@@H]31. The van der Waals surface area contributed by atoms with Crippen molar-refractivity contribution in [2.24, 2.45) is 29.6 Å². The fourth-order valence-electron chi connectivity index (χ4n) is 7.07. The van der Waals surface area contributed by atoms with Crippen LogP contribution in [0.2, 0.25) is 0 Å². The second-order valence-electron chi connectivity index (χ2n) is 9.59. The molecule has 1 saturated heterocycles. The standard InChI is InChI=1S/C26H20FNO3S2/c27-13-8-6-12(7-9-13)19-20-15-10-16(23(20)32-17-11-18(29)33-24(17)19)22-21(15)25(30)28(26(22)31)14-4-2-1-3-5-14/h1-9,15-16,19-23H,10-11H2/t15-,16-,19-,20-,21+,22-,23-/m1/s1. The maximum absolute atomic E-state index is 13.7. The Labute approximate surface area is 199 Å². The fourth-order valence-corrected chi connectivity index (χ4v) is 10.3. The summed E-state index contributed by atoms with van der Waals surface area (Å²) in [7, 11) is 0. The maximum Gasteiger partial charge on any atom is 0.238 e. The van der Waals surface area contributed by atoms with Gasteiger partial charge in [-0.25, -0.2) is 4.39 Å². The summed E-state index contributed by atoms with van der Waals surface area (Å²) in [6.07, 6.45) is 1.30. The largest absolute Gasteiger partial charge is 0.286 e. The average molecular weight is 478 g/mol. The van der Waals surface area contributed by atoms with Crippen LogP contribution in [0.5, 0.6) is 0 Å². The summed E-state index contributed by atoms with van der Waals surface area (Å²) >= 11 is 3.09. The Morgan fingerprint density at radius 3 is 2.30 bits per heavy atom. The van der Waals surface area contributed by atoms with Crippen LogP contribution in [0.3, 0.4) is 0 Å². The van der Waals surface area contributed by atoms with E-state index in [0.717, 1.165) is 21.8 Å². The minimum Gasteiger partial charge on any atom is -0.286 e. The summed E-state index contributed by atoms with van der Waals surface area (Å²) in [5, 5.41) is 0.346. The molecule has 0 N–H and O–H groups in total. The summed E-state index contributed by atoms with van der Waals surface area (Å²) in [5.74, 6) is -0.676. The van der Waals surface area contributed by atoms with Gasteiger partial charge >= 0.3 is 0 Å². The molecule has 0 radical (unpaired) electrons. The van der Waals surface area contributed by atoms with Crippen molar-refractivity contribution in [3.05, 3.63) is 75.8 Å². The van der Waals surface area contributed by atoms with Crippen molar-refractivity contribution in [2.75, 3.05) is 4.90 Å². The molecule has 2 aromatic carbocycles. The predicted octanol–water partition coefficient (Wildman–Crippen LogP) is 4.97. The number of benzene rings is 2. The number of nitrogens with zero attached hydrogens (tertiary/aromatic N) is 1. The molecule has 7 heteroatoms. The Morgan fingerprint density at radius 2 is 1.58 bits per heavy atom. The number of anilines is 1. The molecule has 5 aliphatic rings. The second kappa shape index (κ2) is 7.06. The number of hydrogen-bond donors (Lipinski definition) is 0. The number of imide groups is 1. The molecule has 0 unspecified atom stereocenters. The van der Waals surface area contributed by atoms with E-state index < -0.39 is 0 Å². The quantitative estimate of drug-likeness (QED) is 0.572. The molecule has 2 aromatic rings. The van der Waals surface area contributed by atoms with Gasteiger partial charge in [-0.05, 0) is 54.0 Å². The van der Waals surface area contributed by atoms with E-state index in [9.17, 15) is 18.8 Å². The monoisotopic (exact) mass is 477 g/mol. The molecule has 2 saturated carbocycles. The first-order chi connectivity index (χ1) is 16.0. The van der Waals surface area contributed by atoms with Gasteiger partial charge in [0, 0.05) is 27.4 Å². The number of amides is 2. The molecule has 2 amide bonds. The van der Waals surface area contributed by atoms with Gasteiger partial charge in [0.2, 0.25) is 11.8 Å². The molecule has 3 fully saturated rings. The molecule has 4 nitrogen and oxygen atoms in total. The number of hydrogen-bond acceptors (Lipinski definition) is 5. The smallest absolute Gasteiger partial charge is 0.238 e. The molecule has 2 aliphatic carbocycles. The van der Waals surface area contributed by atoms with Crippen molar-refractivity contribution in [3.8, 4) is 0 Å². The van der Waals surface area contributed by atoms with Gasteiger partial charge in [-0.3, -0.25) is 19.3 Å². The zero-order chi connectivity index (χ0) is 22.4. The van der Waals surface area contributed by atoms with Gasteiger partial charge in [-0.2, -0.15) is 0 Å². The van der Waals surface area contributed by atoms with Crippen LogP contribution in [-0.2, 0) is 14.4 Å². The molecule has 2 bridgehead atoms. The number of thioether (sulfide) groups is 2. The number of halogens is 1. The molecule has 3 aliphatic heterocycles. The number of rotatable bonds is 2. The molecular weight excluding hydrogens is 457 g/mol. The van der Waals surface area contributed by atoms with Gasteiger partial charge < -0.3 is 0 Å². The van der Waals surface area contributed by atoms with Crippen molar-refractivity contribution in [1.29, 1.82) is 0 Å². The van der Waals surface area contributed by atoms with Gasteiger partial charge in [-0.15, -0.1) is 11.8 Å². The molecule has 7 atom stereocenters. The highest BCUT2D eigenvalue weighted by Gasteiger charge is 2.69. The van der Waals surface area contributed by atoms with Gasteiger partial charge in [-0.1, -0.05) is 42.1 Å². The topological polar surface area (TPSA) is 54.5 Å². The lowest BCUT2D eigenvalue weighted by Crippen LogP contribution is -2.42. The Bertz CT molecular complexity index is 1240. The van der Waals surface area contributed by atoms with E-state index in [4.69, 9.17) is 0 Å². The lowest BCUT2D eigenvalue weighted by molar-refractivity contribution is -0.123. The summed E-state index contributed by atoms with van der Waals surface area (Å²) in [5.41, 5.74) is 1.65. The second-order valence-corrected chi connectivity index (χ2v) is 12.0. The highest BCUT2D eigenvalue weighted by Crippen LogP contribution is 2.70.